The SMILES string of the molecule is Cc1[nH]c2ccccc2c1-c1nc(CCN)oc1C. The number of benzene rings is 1. The minimum atomic E-state index is 0.548. The number of aromatic amines is 1. The number of fused-ring (bicyclic) bond motifs is 1. The molecule has 0 fully saturated rings. The van der Waals surface area contributed by atoms with Crippen LogP contribution in [0.1, 0.15) is 17.3 Å². The van der Waals surface area contributed by atoms with E-state index in [4.69, 9.17) is 10.2 Å². The third-order valence-electron chi connectivity index (χ3n) is 3.33. The number of hydrogen-bond acceptors (Lipinski definition) is 3. The Bertz CT molecular complexity index is 724. The van der Waals surface area contributed by atoms with Gasteiger partial charge in [0.2, 0.25) is 0 Å². The van der Waals surface area contributed by atoms with Crippen molar-refractivity contribution in [3.05, 3.63) is 41.6 Å². The van der Waals surface area contributed by atoms with E-state index in [1.54, 1.807) is 0 Å². The molecular weight excluding hydrogens is 238 g/mol. The molecule has 0 aliphatic carbocycles. The molecule has 0 saturated carbocycles. The van der Waals surface area contributed by atoms with Crippen LogP contribution in [0.2, 0.25) is 0 Å². The Kier molecular flexibility index (Phi) is 2.87. The summed E-state index contributed by atoms with van der Waals surface area (Å²) in [4.78, 5) is 7.97. The maximum atomic E-state index is 5.68. The molecule has 3 N–H and O–H groups in total. The molecule has 0 spiro atoms. The summed E-state index contributed by atoms with van der Waals surface area (Å²) in [6, 6.07) is 8.24. The van der Waals surface area contributed by atoms with Crippen molar-refractivity contribution in [2.75, 3.05) is 6.54 Å². The maximum Gasteiger partial charge on any atom is 0.196 e. The molecule has 0 aliphatic heterocycles. The van der Waals surface area contributed by atoms with E-state index in [9.17, 15) is 0 Å². The largest absolute Gasteiger partial charge is 0.445 e. The van der Waals surface area contributed by atoms with Crippen LogP contribution in [-0.4, -0.2) is 16.5 Å². The Labute approximate surface area is 111 Å². The Morgan fingerprint density at radius 3 is 2.84 bits per heavy atom. The average molecular weight is 255 g/mol. The molecule has 4 heteroatoms. The van der Waals surface area contributed by atoms with E-state index < -0.39 is 0 Å². The van der Waals surface area contributed by atoms with E-state index in [1.807, 2.05) is 19.1 Å². The number of aryl methyl sites for hydroxylation is 2. The fraction of sp³-hybridized carbons (Fsp3) is 0.267. The van der Waals surface area contributed by atoms with Crippen molar-refractivity contribution < 1.29 is 4.42 Å². The van der Waals surface area contributed by atoms with Gasteiger partial charge in [-0.1, -0.05) is 18.2 Å². The summed E-state index contributed by atoms with van der Waals surface area (Å²) >= 11 is 0. The molecule has 19 heavy (non-hydrogen) atoms. The van der Waals surface area contributed by atoms with Crippen molar-refractivity contribution in [1.29, 1.82) is 0 Å². The van der Waals surface area contributed by atoms with E-state index in [0.29, 0.717) is 18.9 Å². The monoisotopic (exact) mass is 255 g/mol. The van der Waals surface area contributed by atoms with E-state index >= 15 is 0 Å². The number of H-pyrrole nitrogens is 1. The fourth-order valence-electron chi connectivity index (χ4n) is 2.50. The van der Waals surface area contributed by atoms with Gasteiger partial charge in [-0.05, 0) is 19.9 Å². The summed E-state index contributed by atoms with van der Waals surface area (Å²) in [5, 5.41) is 1.18. The van der Waals surface area contributed by atoms with E-state index in [1.165, 1.54) is 5.39 Å². The molecular formula is C15H17N3O. The molecule has 2 heterocycles. The Morgan fingerprint density at radius 1 is 1.26 bits per heavy atom. The molecule has 98 valence electrons. The van der Waals surface area contributed by atoms with Crippen LogP contribution in [-0.2, 0) is 6.42 Å². The first-order valence-corrected chi connectivity index (χ1v) is 6.44. The standard InChI is InChI=1S/C15H17N3O/c1-9-14(11-5-3-4-6-12(11)17-9)15-10(2)19-13(18-15)7-8-16/h3-6,17H,7-8,16H2,1-2H3. The number of nitrogens with zero attached hydrogens (tertiary/aromatic N) is 1. The lowest BCUT2D eigenvalue weighted by atomic mass is 10.1. The van der Waals surface area contributed by atoms with Gasteiger partial charge in [0.25, 0.3) is 0 Å². The lowest BCUT2D eigenvalue weighted by molar-refractivity contribution is 0.473. The zero-order chi connectivity index (χ0) is 13.4. The van der Waals surface area contributed by atoms with E-state index in [2.05, 4.69) is 29.0 Å². The maximum absolute atomic E-state index is 5.68. The molecule has 0 unspecified atom stereocenters. The van der Waals surface area contributed by atoms with Gasteiger partial charge < -0.3 is 15.1 Å². The van der Waals surface area contributed by atoms with E-state index in [0.717, 1.165) is 28.2 Å². The highest BCUT2D eigenvalue weighted by Gasteiger charge is 2.17. The number of aromatic nitrogens is 2. The first-order valence-electron chi connectivity index (χ1n) is 6.44. The first kappa shape index (κ1) is 12.0. The first-order chi connectivity index (χ1) is 9.20. The van der Waals surface area contributed by atoms with Crippen molar-refractivity contribution in [1.82, 2.24) is 9.97 Å². The average Bonchev–Trinajstić information content (AvgIpc) is 2.89. The van der Waals surface area contributed by atoms with Gasteiger partial charge in [0.1, 0.15) is 11.5 Å². The molecule has 0 amide bonds. The summed E-state index contributed by atoms with van der Waals surface area (Å²) in [7, 11) is 0. The Morgan fingerprint density at radius 2 is 2.05 bits per heavy atom. The zero-order valence-corrected chi connectivity index (χ0v) is 11.2. The third-order valence-corrected chi connectivity index (χ3v) is 3.33. The van der Waals surface area contributed by atoms with Crippen molar-refractivity contribution in [3.8, 4) is 11.3 Å². The van der Waals surface area contributed by atoms with Crippen LogP contribution in [0.15, 0.2) is 28.7 Å². The summed E-state index contributed by atoms with van der Waals surface area (Å²) in [6.45, 7) is 4.56. The molecule has 3 aromatic rings. The lowest BCUT2D eigenvalue weighted by Crippen LogP contribution is -2.02. The lowest BCUT2D eigenvalue weighted by Gasteiger charge is -1.97. The molecule has 1 aromatic carbocycles. The molecule has 0 saturated heterocycles. The summed E-state index contributed by atoms with van der Waals surface area (Å²) in [6.07, 6.45) is 0.669. The second-order valence-electron chi connectivity index (χ2n) is 4.72. The van der Waals surface area contributed by atoms with Crippen molar-refractivity contribution >= 4 is 10.9 Å². The molecule has 2 aromatic heterocycles. The number of para-hydroxylation sites is 1. The summed E-state index contributed by atoms with van der Waals surface area (Å²) in [5.41, 5.74) is 9.82. The number of nitrogens with one attached hydrogen (secondary N) is 1. The van der Waals surface area contributed by atoms with Gasteiger partial charge in [0.15, 0.2) is 5.89 Å². The molecule has 0 aliphatic rings. The van der Waals surface area contributed by atoms with Crippen molar-refractivity contribution in [2.24, 2.45) is 5.73 Å². The van der Waals surface area contributed by atoms with Gasteiger partial charge in [-0.25, -0.2) is 4.98 Å². The van der Waals surface area contributed by atoms with Crippen LogP contribution in [0, 0.1) is 13.8 Å². The molecule has 3 rings (SSSR count). The highest BCUT2D eigenvalue weighted by atomic mass is 16.4. The van der Waals surface area contributed by atoms with Gasteiger partial charge in [-0.15, -0.1) is 0 Å². The van der Waals surface area contributed by atoms with Crippen LogP contribution in [0.4, 0.5) is 0 Å². The van der Waals surface area contributed by atoms with Crippen LogP contribution >= 0.6 is 0 Å². The number of nitrogens with two attached hydrogens (primary N) is 1. The van der Waals surface area contributed by atoms with Crippen LogP contribution in [0.25, 0.3) is 22.2 Å². The number of hydrogen-bond donors (Lipinski definition) is 2. The van der Waals surface area contributed by atoms with Gasteiger partial charge >= 0.3 is 0 Å². The second-order valence-corrected chi connectivity index (χ2v) is 4.72. The van der Waals surface area contributed by atoms with Gasteiger partial charge in [-0.3, -0.25) is 0 Å². The predicted octanol–water partition coefficient (Wildman–Crippen LogP) is 2.94. The second kappa shape index (κ2) is 4.55. The molecule has 4 nitrogen and oxygen atoms in total. The summed E-state index contributed by atoms with van der Waals surface area (Å²) in [5.74, 6) is 1.55. The Hall–Kier alpha value is -2.07. The quantitative estimate of drug-likeness (QED) is 0.756. The van der Waals surface area contributed by atoms with Gasteiger partial charge in [-0.2, -0.15) is 0 Å². The molecule has 0 radical (unpaired) electrons. The highest BCUT2D eigenvalue weighted by molar-refractivity contribution is 5.96. The Balaban J connectivity index is 2.21. The van der Waals surface area contributed by atoms with Gasteiger partial charge in [0.05, 0.1) is 0 Å². The number of rotatable bonds is 3. The van der Waals surface area contributed by atoms with Crippen LogP contribution in [0.3, 0.4) is 0 Å². The third kappa shape index (κ3) is 1.94. The molecule has 0 atom stereocenters. The predicted molar refractivity (Wildman–Crippen MR) is 76.0 cm³/mol. The normalized spacial score (nSPS) is 11.3. The number of oxazole rings is 1. The zero-order valence-electron chi connectivity index (χ0n) is 11.2. The molecule has 0 bridgehead atoms. The van der Waals surface area contributed by atoms with Crippen LogP contribution in [0.5, 0.6) is 0 Å². The minimum Gasteiger partial charge on any atom is -0.445 e. The smallest absolute Gasteiger partial charge is 0.196 e. The van der Waals surface area contributed by atoms with Crippen molar-refractivity contribution in [3.63, 3.8) is 0 Å². The highest BCUT2D eigenvalue weighted by Crippen LogP contribution is 2.33. The topological polar surface area (TPSA) is 67.8 Å². The summed E-state index contributed by atoms with van der Waals surface area (Å²) < 4.78 is 5.68. The van der Waals surface area contributed by atoms with Gasteiger partial charge in [0, 0.05) is 35.1 Å². The fourth-order valence-corrected chi connectivity index (χ4v) is 2.50. The van der Waals surface area contributed by atoms with Crippen LogP contribution < -0.4 is 5.73 Å². The van der Waals surface area contributed by atoms with Crippen molar-refractivity contribution in [2.45, 2.75) is 20.3 Å². The van der Waals surface area contributed by atoms with E-state index in [-0.39, 0.29) is 0 Å². The minimum absolute atomic E-state index is 0.548.